The molecule has 0 amide bonds. The average Bonchev–Trinajstić information content (AvgIpc) is 2.62. The van der Waals surface area contributed by atoms with Crippen molar-refractivity contribution >= 4 is 5.97 Å². The molecule has 0 aromatic heterocycles. The van der Waals surface area contributed by atoms with Gasteiger partial charge >= 0.3 is 5.97 Å². The Bertz CT molecular complexity index is 260. The van der Waals surface area contributed by atoms with Crippen LogP contribution in [0, 0.1) is 17.2 Å². The molecule has 3 atom stereocenters. The maximum atomic E-state index is 10.4. The summed E-state index contributed by atoms with van der Waals surface area (Å²) in [5.41, 5.74) is 0. The summed E-state index contributed by atoms with van der Waals surface area (Å²) in [6.45, 7) is 1.98. The van der Waals surface area contributed by atoms with E-state index in [1.807, 2.05) is 6.92 Å². The molecular weight excluding hydrogens is 192 g/mol. The van der Waals surface area contributed by atoms with E-state index in [4.69, 9.17) is 10.4 Å². The molecule has 0 aliphatic heterocycles. The van der Waals surface area contributed by atoms with E-state index in [1.54, 1.807) is 0 Å². The molecule has 0 spiro atoms. The van der Waals surface area contributed by atoms with Crippen LogP contribution in [0.5, 0.6) is 0 Å². The molecule has 0 bridgehead atoms. The van der Waals surface area contributed by atoms with Gasteiger partial charge in [-0.05, 0) is 26.2 Å². The summed E-state index contributed by atoms with van der Waals surface area (Å²) in [4.78, 5) is 10.4. The third-order valence-corrected chi connectivity index (χ3v) is 2.97. The van der Waals surface area contributed by atoms with Crippen molar-refractivity contribution in [1.82, 2.24) is 5.32 Å². The molecule has 0 aromatic rings. The van der Waals surface area contributed by atoms with Crippen LogP contribution in [0.15, 0.2) is 0 Å². The topological polar surface area (TPSA) is 73.1 Å². The highest BCUT2D eigenvalue weighted by molar-refractivity contribution is 5.66. The number of nitrogens with zero attached hydrogens (tertiary/aromatic N) is 1. The van der Waals surface area contributed by atoms with Crippen LogP contribution in [-0.4, -0.2) is 23.2 Å². The molecule has 15 heavy (non-hydrogen) atoms. The van der Waals surface area contributed by atoms with Crippen molar-refractivity contribution < 1.29 is 9.90 Å². The minimum Gasteiger partial charge on any atom is -0.481 e. The fourth-order valence-electron chi connectivity index (χ4n) is 2.10. The smallest absolute Gasteiger partial charge is 0.303 e. The second-order valence-electron chi connectivity index (χ2n) is 4.27. The third kappa shape index (κ3) is 3.88. The average molecular weight is 210 g/mol. The first-order valence-corrected chi connectivity index (χ1v) is 5.51. The van der Waals surface area contributed by atoms with Crippen molar-refractivity contribution in [3.63, 3.8) is 0 Å². The van der Waals surface area contributed by atoms with Crippen molar-refractivity contribution in [3.8, 4) is 6.07 Å². The predicted molar refractivity (Wildman–Crippen MR) is 56.2 cm³/mol. The number of carbonyl (C=O) groups is 1. The van der Waals surface area contributed by atoms with Crippen molar-refractivity contribution in [3.05, 3.63) is 0 Å². The molecule has 1 aliphatic carbocycles. The van der Waals surface area contributed by atoms with Gasteiger partial charge in [0.05, 0.1) is 12.0 Å². The van der Waals surface area contributed by atoms with Crippen LogP contribution in [0.2, 0.25) is 0 Å². The maximum Gasteiger partial charge on any atom is 0.303 e. The third-order valence-electron chi connectivity index (χ3n) is 2.97. The second-order valence-corrected chi connectivity index (χ2v) is 4.27. The number of nitriles is 1. The molecule has 0 aromatic carbocycles. The summed E-state index contributed by atoms with van der Waals surface area (Å²) in [6, 6.07) is 2.75. The van der Waals surface area contributed by atoms with E-state index in [0.717, 1.165) is 19.3 Å². The molecule has 1 aliphatic rings. The van der Waals surface area contributed by atoms with E-state index < -0.39 is 5.97 Å². The number of hydrogen-bond acceptors (Lipinski definition) is 3. The molecule has 1 rings (SSSR count). The van der Waals surface area contributed by atoms with E-state index in [1.165, 1.54) is 0 Å². The zero-order valence-electron chi connectivity index (χ0n) is 9.07. The van der Waals surface area contributed by atoms with Crippen LogP contribution in [0.4, 0.5) is 0 Å². The number of hydrogen-bond donors (Lipinski definition) is 2. The van der Waals surface area contributed by atoms with Crippen LogP contribution in [0.25, 0.3) is 0 Å². The quantitative estimate of drug-likeness (QED) is 0.721. The summed E-state index contributed by atoms with van der Waals surface area (Å²) in [6.07, 6.45) is 3.93. The monoisotopic (exact) mass is 210 g/mol. The SMILES string of the molecule is CC(CCC(=O)O)NC1CCCC1C#N. The zero-order valence-corrected chi connectivity index (χ0v) is 9.07. The van der Waals surface area contributed by atoms with Crippen molar-refractivity contribution in [1.29, 1.82) is 5.26 Å². The van der Waals surface area contributed by atoms with E-state index in [2.05, 4.69) is 11.4 Å². The number of nitrogens with one attached hydrogen (secondary N) is 1. The highest BCUT2D eigenvalue weighted by Gasteiger charge is 2.27. The lowest BCUT2D eigenvalue weighted by Gasteiger charge is -2.20. The normalized spacial score (nSPS) is 27.2. The molecule has 0 heterocycles. The lowest BCUT2D eigenvalue weighted by Crippen LogP contribution is -2.38. The van der Waals surface area contributed by atoms with Gasteiger partial charge < -0.3 is 10.4 Å². The van der Waals surface area contributed by atoms with Crippen LogP contribution >= 0.6 is 0 Å². The molecule has 4 heteroatoms. The predicted octanol–water partition coefficient (Wildman–Crippen LogP) is 1.52. The molecule has 1 fully saturated rings. The van der Waals surface area contributed by atoms with Gasteiger partial charge in [-0.3, -0.25) is 4.79 Å². The van der Waals surface area contributed by atoms with E-state index in [-0.39, 0.29) is 24.4 Å². The van der Waals surface area contributed by atoms with E-state index in [9.17, 15) is 4.79 Å². The van der Waals surface area contributed by atoms with Crippen LogP contribution in [0.3, 0.4) is 0 Å². The first-order chi connectivity index (χ1) is 7.13. The lowest BCUT2D eigenvalue weighted by atomic mass is 10.0. The Morgan fingerprint density at radius 1 is 1.67 bits per heavy atom. The highest BCUT2D eigenvalue weighted by Crippen LogP contribution is 2.25. The number of aliphatic carboxylic acids is 1. The summed E-state index contributed by atoms with van der Waals surface area (Å²) in [5.74, 6) is -0.649. The molecule has 84 valence electrons. The summed E-state index contributed by atoms with van der Waals surface area (Å²) in [5, 5.41) is 20.8. The maximum absolute atomic E-state index is 10.4. The van der Waals surface area contributed by atoms with Gasteiger partial charge in [-0.15, -0.1) is 0 Å². The minimum atomic E-state index is -0.757. The van der Waals surface area contributed by atoms with Gasteiger partial charge in [-0.25, -0.2) is 0 Å². The van der Waals surface area contributed by atoms with Gasteiger partial charge in [0.25, 0.3) is 0 Å². The van der Waals surface area contributed by atoms with Gasteiger partial charge in [-0.2, -0.15) is 5.26 Å². The molecule has 4 nitrogen and oxygen atoms in total. The van der Waals surface area contributed by atoms with Crippen LogP contribution < -0.4 is 5.32 Å². The van der Waals surface area contributed by atoms with E-state index in [0.29, 0.717) is 6.42 Å². The minimum absolute atomic E-state index is 0.109. The Labute approximate surface area is 90.3 Å². The Morgan fingerprint density at radius 2 is 2.40 bits per heavy atom. The van der Waals surface area contributed by atoms with Gasteiger partial charge in [0.15, 0.2) is 0 Å². The van der Waals surface area contributed by atoms with Gasteiger partial charge in [-0.1, -0.05) is 6.42 Å². The fourth-order valence-corrected chi connectivity index (χ4v) is 2.10. The second kappa shape index (κ2) is 5.72. The zero-order chi connectivity index (χ0) is 11.3. The van der Waals surface area contributed by atoms with E-state index >= 15 is 0 Å². The molecule has 0 saturated heterocycles. The van der Waals surface area contributed by atoms with Gasteiger partial charge in [0.1, 0.15) is 0 Å². The largest absolute Gasteiger partial charge is 0.481 e. The fraction of sp³-hybridized carbons (Fsp3) is 0.818. The molecular formula is C11H18N2O2. The van der Waals surface area contributed by atoms with Crippen molar-refractivity contribution in [2.45, 2.75) is 51.1 Å². The molecule has 0 radical (unpaired) electrons. The summed E-state index contributed by atoms with van der Waals surface area (Å²) < 4.78 is 0. The Balaban J connectivity index is 2.28. The first-order valence-electron chi connectivity index (χ1n) is 5.51. The molecule has 1 saturated carbocycles. The van der Waals surface area contributed by atoms with Crippen LogP contribution in [0.1, 0.15) is 39.0 Å². The molecule has 3 unspecified atom stereocenters. The Hall–Kier alpha value is -1.08. The molecule has 2 N–H and O–H groups in total. The highest BCUT2D eigenvalue weighted by atomic mass is 16.4. The summed E-state index contributed by atoms with van der Waals surface area (Å²) in [7, 11) is 0. The lowest BCUT2D eigenvalue weighted by molar-refractivity contribution is -0.137. The number of carboxylic acid groups (broad SMARTS) is 1. The summed E-state index contributed by atoms with van der Waals surface area (Å²) >= 11 is 0. The first kappa shape index (κ1) is 12.0. The Kier molecular flexibility index (Phi) is 4.57. The van der Waals surface area contributed by atoms with Crippen molar-refractivity contribution in [2.75, 3.05) is 0 Å². The van der Waals surface area contributed by atoms with Gasteiger partial charge in [0.2, 0.25) is 0 Å². The standard InChI is InChI=1S/C11H18N2O2/c1-8(5-6-11(14)15)13-10-4-2-3-9(10)7-12/h8-10,13H,2-6H2,1H3,(H,14,15). The van der Waals surface area contributed by atoms with Crippen molar-refractivity contribution in [2.24, 2.45) is 5.92 Å². The number of carboxylic acids is 1. The van der Waals surface area contributed by atoms with Gasteiger partial charge in [0, 0.05) is 18.5 Å². The van der Waals surface area contributed by atoms with Crippen LogP contribution in [-0.2, 0) is 4.79 Å². The Morgan fingerprint density at radius 3 is 3.00 bits per heavy atom. The number of rotatable bonds is 5.